The van der Waals surface area contributed by atoms with E-state index >= 15 is 0 Å². The molecule has 1 aromatic carbocycles. The fourth-order valence-electron chi connectivity index (χ4n) is 1.09. The number of hydrogen-bond donors (Lipinski definition) is 0. The molecule has 0 unspecified atom stereocenters. The lowest BCUT2D eigenvalue weighted by molar-refractivity contribution is 1.22. The predicted molar refractivity (Wildman–Crippen MR) is 90.8 cm³/mol. The molecule has 1 rings (SSSR count). The lowest BCUT2D eigenvalue weighted by Crippen LogP contribution is -1.88. The zero-order chi connectivity index (χ0) is 15.7. The number of aryl methyl sites for hydroxylation is 2. The molecule has 0 fully saturated rings. The van der Waals surface area contributed by atoms with Crippen molar-refractivity contribution in [1.29, 1.82) is 0 Å². The highest BCUT2D eigenvalue weighted by Crippen LogP contribution is 2.15. The van der Waals surface area contributed by atoms with Crippen molar-refractivity contribution in [3.8, 4) is 0 Å². The largest absolute Gasteiger partial charge is 0.0683 e. The third-order valence-corrected chi connectivity index (χ3v) is 2.33. The quantitative estimate of drug-likeness (QED) is 0.466. The standard InChI is InChI=1S/C10H14.4C2H6/c1-7-5-6-8(2)10(4)9(7)3;4*1-2/h5-6H,1-4H3;4*1-2H3. The first-order chi connectivity index (χ1) is 8.63. The lowest BCUT2D eigenvalue weighted by Gasteiger charge is -2.06. The van der Waals surface area contributed by atoms with Crippen LogP contribution in [0.1, 0.15) is 77.6 Å². The van der Waals surface area contributed by atoms with Gasteiger partial charge in [0.05, 0.1) is 0 Å². The molecule has 0 heteroatoms. The van der Waals surface area contributed by atoms with E-state index in [0.717, 1.165) is 0 Å². The molecule has 0 aliphatic heterocycles. The van der Waals surface area contributed by atoms with Crippen molar-refractivity contribution in [3.63, 3.8) is 0 Å². The van der Waals surface area contributed by atoms with Gasteiger partial charge in [-0.3, -0.25) is 0 Å². The van der Waals surface area contributed by atoms with Gasteiger partial charge in [-0.15, -0.1) is 0 Å². The lowest BCUT2D eigenvalue weighted by atomic mass is 10.0. The Labute approximate surface area is 118 Å². The third-order valence-electron chi connectivity index (χ3n) is 2.33. The maximum Gasteiger partial charge on any atom is -0.0392 e. The number of benzene rings is 1. The molecule has 0 aliphatic carbocycles. The van der Waals surface area contributed by atoms with Crippen LogP contribution in [0.4, 0.5) is 0 Å². The van der Waals surface area contributed by atoms with Crippen molar-refractivity contribution >= 4 is 0 Å². The fourth-order valence-corrected chi connectivity index (χ4v) is 1.09. The molecule has 0 spiro atoms. The van der Waals surface area contributed by atoms with E-state index in [0.29, 0.717) is 0 Å². The van der Waals surface area contributed by atoms with E-state index in [4.69, 9.17) is 0 Å². The zero-order valence-electron chi connectivity index (χ0n) is 15.2. The summed E-state index contributed by atoms with van der Waals surface area (Å²) in [5.74, 6) is 0. The molecule has 0 atom stereocenters. The number of rotatable bonds is 0. The first-order valence-electron chi connectivity index (χ1n) is 7.66. The second-order valence-electron chi connectivity index (χ2n) is 2.95. The molecular weight excluding hydrogens is 216 g/mol. The van der Waals surface area contributed by atoms with Crippen LogP contribution in [0, 0.1) is 27.7 Å². The second-order valence-corrected chi connectivity index (χ2v) is 2.95. The Balaban J connectivity index is -0.000000105. The summed E-state index contributed by atoms with van der Waals surface area (Å²) in [5, 5.41) is 0. The first-order valence-corrected chi connectivity index (χ1v) is 7.66. The van der Waals surface area contributed by atoms with Crippen molar-refractivity contribution < 1.29 is 0 Å². The van der Waals surface area contributed by atoms with Crippen LogP contribution >= 0.6 is 0 Å². The summed E-state index contributed by atoms with van der Waals surface area (Å²) in [6.07, 6.45) is 0. The van der Waals surface area contributed by atoms with Crippen LogP contribution in [0.5, 0.6) is 0 Å². The van der Waals surface area contributed by atoms with Gasteiger partial charge in [0.1, 0.15) is 0 Å². The Bertz CT molecular complexity index is 219. The molecule has 0 radical (unpaired) electrons. The van der Waals surface area contributed by atoms with E-state index in [1.54, 1.807) is 0 Å². The normalized spacial score (nSPS) is 6.89. The van der Waals surface area contributed by atoms with E-state index in [1.165, 1.54) is 22.3 Å². The minimum atomic E-state index is 1.39. The van der Waals surface area contributed by atoms with Crippen molar-refractivity contribution in [1.82, 2.24) is 0 Å². The van der Waals surface area contributed by atoms with Gasteiger partial charge in [0.2, 0.25) is 0 Å². The van der Waals surface area contributed by atoms with E-state index < -0.39 is 0 Å². The molecule has 0 aromatic heterocycles. The third kappa shape index (κ3) is 11.7. The number of hydrogen-bond acceptors (Lipinski definition) is 0. The molecule has 0 N–H and O–H groups in total. The van der Waals surface area contributed by atoms with Crippen molar-refractivity contribution in [2.75, 3.05) is 0 Å². The van der Waals surface area contributed by atoms with Gasteiger partial charge in [-0.05, 0) is 49.9 Å². The fraction of sp³-hybridized carbons (Fsp3) is 0.667. The van der Waals surface area contributed by atoms with Crippen LogP contribution in [0.3, 0.4) is 0 Å². The Morgan fingerprint density at radius 3 is 0.778 bits per heavy atom. The van der Waals surface area contributed by atoms with Crippen LogP contribution < -0.4 is 0 Å². The highest BCUT2D eigenvalue weighted by molar-refractivity contribution is 5.37. The van der Waals surface area contributed by atoms with Gasteiger partial charge in [-0.25, -0.2) is 0 Å². The van der Waals surface area contributed by atoms with E-state index in [1.807, 2.05) is 55.4 Å². The van der Waals surface area contributed by atoms with Gasteiger partial charge >= 0.3 is 0 Å². The molecule has 1 aromatic rings. The molecular formula is C18H38. The second kappa shape index (κ2) is 21.5. The summed E-state index contributed by atoms with van der Waals surface area (Å²) in [7, 11) is 0. The molecule has 110 valence electrons. The van der Waals surface area contributed by atoms with Crippen LogP contribution in [-0.2, 0) is 0 Å². The summed E-state index contributed by atoms with van der Waals surface area (Å²) in [6.45, 7) is 24.7. The molecule has 0 saturated carbocycles. The molecule has 0 aliphatic rings. The molecule has 0 bridgehead atoms. The maximum atomic E-state index is 2.18. The molecule has 0 saturated heterocycles. The topological polar surface area (TPSA) is 0 Å². The summed E-state index contributed by atoms with van der Waals surface area (Å²) in [4.78, 5) is 0. The summed E-state index contributed by atoms with van der Waals surface area (Å²) in [5.41, 5.74) is 5.64. The van der Waals surface area contributed by atoms with Crippen molar-refractivity contribution in [2.45, 2.75) is 83.1 Å². The zero-order valence-corrected chi connectivity index (χ0v) is 15.2. The summed E-state index contributed by atoms with van der Waals surface area (Å²) < 4.78 is 0. The Morgan fingerprint density at radius 1 is 0.444 bits per heavy atom. The smallest absolute Gasteiger partial charge is 0.0392 e. The highest BCUT2D eigenvalue weighted by Gasteiger charge is 1.97. The van der Waals surface area contributed by atoms with E-state index in [-0.39, 0.29) is 0 Å². The van der Waals surface area contributed by atoms with Crippen LogP contribution in [0.15, 0.2) is 12.1 Å². The molecule has 0 amide bonds. The Kier molecular flexibility index (Phi) is 31.0. The minimum Gasteiger partial charge on any atom is -0.0683 e. The molecule has 18 heavy (non-hydrogen) atoms. The van der Waals surface area contributed by atoms with Gasteiger partial charge in [-0.2, -0.15) is 0 Å². The van der Waals surface area contributed by atoms with Gasteiger partial charge in [0.25, 0.3) is 0 Å². The molecule has 0 heterocycles. The van der Waals surface area contributed by atoms with Gasteiger partial charge < -0.3 is 0 Å². The first kappa shape index (κ1) is 25.9. The van der Waals surface area contributed by atoms with Crippen molar-refractivity contribution in [3.05, 3.63) is 34.4 Å². The Morgan fingerprint density at radius 2 is 0.611 bits per heavy atom. The predicted octanol–water partition coefficient (Wildman–Crippen LogP) is 7.03. The van der Waals surface area contributed by atoms with Crippen molar-refractivity contribution in [2.24, 2.45) is 0 Å². The van der Waals surface area contributed by atoms with Gasteiger partial charge in [0.15, 0.2) is 0 Å². The van der Waals surface area contributed by atoms with E-state index in [2.05, 4.69) is 39.8 Å². The highest BCUT2D eigenvalue weighted by atomic mass is 14.0. The Hall–Kier alpha value is -0.780. The maximum absolute atomic E-state index is 2.18. The SMILES string of the molecule is CC.CC.CC.CC.Cc1ccc(C)c(C)c1C. The van der Waals surface area contributed by atoms with E-state index in [9.17, 15) is 0 Å². The average molecular weight is 255 g/mol. The van der Waals surface area contributed by atoms with Crippen LogP contribution in [0.25, 0.3) is 0 Å². The minimum absolute atomic E-state index is 1.39. The summed E-state index contributed by atoms with van der Waals surface area (Å²) >= 11 is 0. The van der Waals surface area contributed by atoms with Crippen LogP contribution in [-0.4, -0.2) is 0 Å². The summed E-state index contributed by atoms with van der Waals surface area (Å²) in [6, 6.07) is 4.36. The monoisotopic (exact) mass is 254 g/mol. The molecule has 0 nitrogen and oxygen atoms in total. The van der Waals surface area contributed by atoms with Crippen LogP contribution in [0.2, 0.25) is 0 Å². The average Bonchev–Trinajstić information content (AvgIpc) is 2.49. The van der Waals surface area contributed by atoms with Gasteiger partial charge in [-0.1, -0.05) is 67.5 Å². The van der Waals surface area contributed by atoms with Gasteiger partial charge in [0, 0.05) is 0 Å².